The summed E-state index contributed by atoms with van der Waals surface area (Å²) in [5.41, 5.74) is 5.74. The first-order chi connectivity index (χ1) is 10.6. The van der Waals surface area contributed by atoms with Crippen LogP contribution in [0.2, 0.25) is 0 Å². The van der Waals surface area contributed by atoms with Gasteiger partial charge in [0.25, 0.3) is 5.56 Å². The highest BCUT2D eigenvalue weighted by molar-refractivity contribution is 5.26. The fourth-order valence-electron chi connectivity index (χ4n) is 3.37. The van der Waals surface area contributed by atoms with E-state index in [1.165, 1.54) is 17.0 Å². The van der Waals surface area contributed by atoms with Crippen LogP contribution < -0.4 is 5.56 Å². The van der Waals surface area contributed by atoms with E-state index in [0.29, 0.717) is 5.92 Å². The number of aromatic amines is 2. The van der Waals surface area contributed by atoms with Crippen LogP contribution in [-0.2, 0) is 19.5 Å². The van der Waals surface area contributed by atoms with Crippen LogP contribution >= 0.6 is 0 Å². The van der Waals surface area contributed by atoms with Crippen LogP contribution in [-0.4, -0.2) is 26.4 Å². The summed E-state index contributed by atoms with van der Waals surface area (Å²) < 4.78 is 0. The number of aromatic nitrogens is 3. The molecule has 0 bridgehead atoms. The molecule has 22 heavy (non-hydrogen) atoms. The molecule has 116 valence electrons. The van der Waals surface area contributed by atoms with Gasteiger partial charge in [-0.3, -0.25) is 9.69 Å². The topological polar surface area (TPSA) is 64.8 Å². The molecule has 2 aromatic rings. The third kappa shape index (κ3) is 2.50. The number of rotatable bonds is 3. The maximum Gasteiger partial charge on any atom is 0.254 e. The second-order valence-electron chi connectivity index (χ2n) is 6.73. The zero-order chi connectivity index (χ0) is 15.3. The highest BCUT2D eigenvalue weighted by Crippen LogP contribution is 2.37. The quantitative estimate of drug-likeness (QED) is 0.912. The van der Waals surface area contributed by atoms with E-state index in [9.17, 15) is 4.79 Å². The number of hydrogen-bond acceptors (Lipinski definition) is 3. The lowest BCUT2D eigenvalue weighted by Crippen LogP contribution is -2.35. The van der Waals surface area contributed by atoms with Gasteiger partial charge in [0.1, 0.15) is 5.82 Å². The number of nitrogens with one attached hydrogen (secondary N) is 2. The molecule has 0 amide bonds. The van der Waals surface area contributed by atoms with Crippen LogP contribution in [0.25, 0.3) is 0 Å². The van der Waals surface area contributed by atoms with Crippen molar-refractivity contribution < 1.29 is 0 Å². The molecule has 1 aliphatic carbocycles. The molecule has 3 heterocycles. The fraction of sp³-hybridized carbons (Fsp3) is 0.529. The van der Waals surface area contributed by atoms with Crippen molar-refractivity contribution in [3.8, 4) is 0 Å². The second kappa shape index (κ2) is 5.09. The molecule has 2 N–H and O–H groups in total. The monoisotopic (exact) mass is 298 g/mol. The van der Waals surface area contributed by atoms with Crippen LogP contribution in [0, 0.1) is 13.8 Å². The van der Waals surface area contributed by atoms with Crippen molar-refractivity contribution in [1.29, 1.82) is 0 Å². The van der Waals surface area contributed by atoms with Crippen LogP contribution in [0.15, 0.2) is 10.9 Å². The van der Waals surface area contributed by atoms with E-state index in [2.05, 4.69) is 34.8 Å². The van der Waals surface area contributed by atoms with Gasteiger partial charge in [-0.05, 0) is 44.7 Å². The van der Waals surface area contributed by atoms with Crippen molar-refractivity contribution in [2.45, 2.75) is 52.1 Å². The minimum atomic E-state index is 0.0819. The van der Waals surface area contributed by atoms with Crippen molar-refractivity contribution in [3.63, 3.8) is 0 Å². The summed E-state index contributed by atoms with van der Waals surface area (Å²) in [6.07, 6.45) is 3.11. The number of H-pyrrole nitrogens is 2. The van der Waals surface area contributed by atoms with E-state index in [4.69, 9.17) is 4.98 Å². The maximum atomic E-state index is 12.2. The molecule has 2 aliphatic rings. The van der Waals surface area contributed by atoms with E-state index in [1.807, 2.05) is 0 Å². The number of aryl methyl sites for hydroxylation is 2. The Morgan fingerprint density at radius 3 is 2.82 bits per heavy atom. The Bertz CT molecular complexity index is 769. The van der Waals surface area contributed by atoms with Crippen LogP contribution in [0.3, 0.4) is 0 Å². The first-order valence-electron chi connectivity index (χ1n) is 8.09. The minimum absolute atomic E-state index is 0.0819. The van der Waals surface area contributed by atoms with Gasteiger partial charge in [0.15, 0.2) is 0 Å². The smallest absolute Gasteiger partial charge is 0.254 e. The van der Waals surface area contributed by atoms with Crippen LogP contribution in [0.1, 0.15) is 52.8 Å². The van der Waals surface area contributed by atoms with Crippen molar-refractivity contribution in [2.24, 2.45) is 0 Å². The molecule has 1 saturated carbocycles. The average Bonchev–Trinajstić information content (AvgIpc) is 3.26. The van der Waals surface area contributed by atoms with Gasteiger partial charge in [-0.1, -0.05) is 0 Å². The third-order valence-electron chi connectivity index (χ3n) is 4.77. The highest BCUT2D eigenvalue weighted by Gasteiger charge is 2.29. The molecule has 5 nitrogen and oxygen atoms in total. The van der Waals surface area contributed by atoms with Crippen molar-refractivity contribution in [1.82, 2.24) is 19.9 Å². The lowest BCUT2D eigenvalue weighted by molar-refractivity contribution is 0.237. The average molecular weight is 298 g/mol. The van der Waals surface area contributed by atoms with Gasteiger partial charge in [0, 0.05) is 42.5 Å². The fourth-order valence-corrected chi connectivity index (χ4v) is 3.37. The SMILES string of the molecule is Cc1cc(C)c(CN2CCc3c(nc(C4CC4)[nH]c3=O)C2)[nH]1. The van der Waals surface area contributed by atoms with E-state index >= 15 is 0 Å². The van der Waals surface area contributed by atoms with E-state index < -0.39 is 0 Å². The second-order valence-corrected chi connectivity index (χ2v) is 6.73. The Kier molecular flexibility index (Phi) is 3.18. The molecule has 0 aromatic carbocycles. The molecule has 5 heteroatoms. The predicted octanol–water partition coefficient (Wildman–Crippen LogP) is 2.15. The number of nitrogens with zero attached hydrogens (tertiary/aromatic N) is 2. The molecule has 0 atom stereocenters. The maximum absolute atomic E-state index is 12.2. The molecule has 4 rings (SSSR count). The first-order valence-corrected chi connectivity index (χ1v) is 8.09. The van der Waals surface area contributed by atoms with Gasteiger partial charge in [-0.2, -0.15) is 0 Å². The summed E-state index contributed by atoms with van der Waals surface area (Å²) in [6, 6.07) is 2.18. The van der Waals surface area contributed by atoms with Gasteiger partial charge in [0.2, 0.25) is 0 Å². The molecule has 0 saturated heterocycles. The molecule has 1 aliphatic heterocycles. The predicted molar refractivity (Wildman–Crippen MR) is 84.9 cm³/mol. The van der Waals surface area contributed by atoms with Gasteiger partial charge < -0.3 is 9.97 Å². The summed E-state index contributed by atoms with van der Waals surface area (Å²) in [7, 11) is 0. The molecule has 0 unspecified atom stereocenters. The van der Waals surface area contributed by atoms with Crippen LogP contribution in [0.4, 0.5) is 0 Å². The van der Waals surface area contributed by atoms with Crippen LogP contribution in [0.5, 0.6) is 0 Å². The van der Waals surface area contributed by atoms with Crippen molar-refractivity contribution >= 4 is 0 Å². The molecular weight excluding hydrogens is 276 g/mol. The largest absolute Gasteiger partial charge is 0.361 e. The van der Waals surface area contributed by atoms with Gasteiger partial charge in [-0.15, -0.1) is 0 Å². The summed E-state index contributed by atoms with van der Waals surface area (Å²) in [5.74, 6) is 1.39. The molecule has 0 radical (unpaired) electrons. The summed E-state index contributed by atoms with van der Waals surface area (Å²) in [5, 5.41) is 0. The molecule has 1 fully saturated rings. The Balaban J connectivity index is 1.58. The van der Waals surface area contributed by atoms with E-state index in [-0.39, 0.29) is 5.56 Å². The lowest BCUT2D eigenvalue weighted by Gasteiger charge is -2.27. The molecule has 0 spiro atoms. The minimum Gasteiger partial charge on any atom is -0.361 e. The zero-order valence-corrected chi connectivity index (χ0v) is 13.2. The van der Waals surface area contributed by atoms with Crippen molar-refractivity contribution in [2.75, 3.05) is 6.54 Å². The molecular formula is C17H22N4O. The summed E-state index contributed by atoms with van der Waals surface area (Å²) in [4.78, 5) is 25.8. The normalized spacial score (nSPS) is 18.5. The highest BCUT2D eigenvalue weighted by atomic mass is 16.1. The summed E-state index contributed by atoms with van der Waals surface area (Å²) >= 11 is 0. The Labute approximate surface area is 129 Å². The Morgan fingerprint density at radius 1 is 1.32 bits per heavy atom. The molecule has 2 aromatic heterocycles. The van der Waals surface area contributed by atoms with Gasteiger partial charge >= 0.3 is 0 Å². The van der Waals surface area contributed by atoms with Gasteiger partial charge in [0.05, 0.1) is 5.69 Å². The van der Waals surface area contributed by atoms with E-state index in [0.717, 1.165) is 56.0 Å². The van der Waals surface area contributed by atoms with Crippen molar-refractivity contribution in [3.05, 3.63) is 50.5 Å². The first kappa shape index (κ1) is 13.8. The summed E-state index contributed by atoms with van der Waals surface area (Å²) in [6.45, 7) is 6.82. The zero-order valence-electron chi connectivity index (χ0n) is 13.2. The lowest BCUT2D eigenvalue weighted by atomic mass is 10.1. The number of fused-ring (bicyclic) bond motifs is 1. The van der Waals surface area contributed by atoms with Gasteiger partial charge in [-0.25, -0.2) is 4.98 Å². The number of hydrogen-bond donors (Lipinski definition) is 2. The third-order valence-corrected chi connectivity index (χ3v) is 4.77. The Morgan fingerprint density at radius 2 is 2.14 bits per heavy atom. The van der Waals surface area contributed by atoms with E-state index in [1.54, 1.807) is 0 Å². The Hall–Kier alpha value is -1.88. The standard InChI is InChI=1S/C17H22N4O/c1-10-7-11(2)18-14(10)8-21-6-5-13-15(9-21)19-16(12-3-4-12)20-17(13)22/h7,12,18H,3-6,8-9H2,1-2H3,(H,19,20,22).